The summed E-state index contributed by atoms with van der Waals surface area (Å²) in [5.41, 5.74) is -1.49. The molecule has 1 saturated heterocycles. The van der Waals surface area contributed by atoms with Crippen LogP contribution in [0.4, 0.5) is 9.18 Å². The van der Waals surface area contributed by atoms with Crippen LogP contribution < -0.4 is 0 Å². The number of thioether (sulfide) groups is 1. The summed E-state index contributed by atoms with van der Waals surface area (Å²) in [6.07, 6.45) is 8.86. The lowest BCUT2D eigenvalue weighted by Crippen LogP contribution is -2.62. The molecule has 0 aromatic carbocycles. The molecule has 1 aliphatic heterocycles. The summed E-state index contributed by atoms with van der Waals surface area (Å²) in [5.74, 6) is -0.397. The number of hydrogen-bond acceptors (Lipinski definition) is 7. The van der Waals surface area contributed by atoms with E-state index in [1.807, 2.05) is 26.0 Å². The van der Waals surface area contributed by atoms with Crippen molar-refractivity contribution in [3.8, 4) is 0 Å². The summed E-state index contributed by atoms with van der Waals surface area (Å²) in [4.78, 5) is 40.5. The van der Waals surface area contributed by atoms with Gasteiger partial charge in [0.2, 0.25) is 5.12 Å². The summed E-state index contributed by atoms with van der Waals surface area (Å²) < 4.78 is 28.2. The molecule has 0 aromatic rings. The molecule has 0 spiro atoms. The van der Waals surface area contributed by atoms with E-state index < -0.39 is 45.3 Å². The minimum Gasteiger partial charge on any atom is -0.393 e. The highest BCUT2D eigenvalue weighted by Gasteiger charge is 2.76. The van der Waals surface area contributed by atoms with Crippen molar-refractivity contribution in [3.05, 3.63) is 47.4 Å². The second kappa shape index (κ2) is 9.48. The molecule has 3 saturated carbocycles. The molecule has 5 aliphatic carbocycles. The fraction of sp³-hybridized carbons (Fsp3) is 0.645. The highest BCUT2D eigenvalue weighted by atomic mass is 32.2. The fourth-order valence-electron chi connectivity index (χ4n) is 8.84. The van der Waals surface area contributed by atoms with Crippen molar-refractivity contribution in [3.63, 3.8) is 0 Å². The van der Waals surface area contributed by atoms with Crippen molar-refractivity contribution in [2.75, 3.05) is 14.1 Å². The van der Waals surface area contributed by atoms with E-state index in [0.29, 0.717) is 18.2 Å². The predicted octanol–water partition coefficient (Wildman–Crippen LogP) is 5.12. The number of nitrogens with zero attached hydrogens (tertiary/aromatic N) is 1. The van der Waals surface area contributed by atoms with Gasteiger partial charge in [-0.3, -0.25) is 14.4 Å². The van der Waals surface area contributed by atoms with Crippen molar-refractivity contribution >= 4 is 27.9 Å². The van der Waals surface area contributed by atoms with Crippen LogP contribution in [0.2, 0.25) is 0 Å². The third kappa shape index (κ3) is 3.83. The number of aliphatic hydroxyl groups is 1. The summed E-state index contributed by atoms with van der Waals surface area (Å²) in [5, 5.41) is 11.0. The first-order chi connectivity index (χ1) is 18.8. The quantitative estimate of drug-likeness (QED) is 0.492. The summed E-state index contributed by atoms with van der Waals surface area (Å²) in [7, 11) is 3.18. The number of allylic oxidation sites excluding steroid dienone is 6. The normalized spacial score (nSPS) is 45.4. The van der Waals surface area contributed by atoms with E-state index in [1.54, 1.807) is 32.3 Å². The van der Waals surface area contributed by atoms with E-state index in [-0.39, 0.29) is 53.7 Å². The topological polar surface area (TPSA) is 93.1 Å². The fourth-order valence-corrected chi connectivity index (χ4v) is 9.74. The Bertz CT molecular complexity index is 1290. The van der Waals surface area contributed by atoms with E-state index in [9.17, 15) is 19.5 Å². The average Bonchev–Trinajstić information content (AvgIpc) is 3.37. The summed E-state index contributed by atoms with van der Waals surface area (Å²) >= 11 is 0.600. The van der Waals surface area contributed by atoms with Gasteiger partial charge in [0.15, 0.2) is 17.7 Å². The zero-order valence-electron chi connectivity index (χ0n) is 23.7. The van der Waals surface area contributed by atoms with Gasteiger partial charge < -0.3 is 19.5 Å². The van der Waals surface area contributed by atoms with E-state index in [2.05, 4.69) is 6.92 Å². The van der Waals surface area contributed by atoms with Gasteiger partial charge in [0, 0.05) is 54.6 Å². The second-order valence-electron chi connectivity index (χ2n) is 13.2. The van der Waals surface area contributed by atoms with Crippen LogP contribution in [-0.2, 0) is 19.1 Å². The Hall–Kier alpha value is -2.07. The van der Waals surface area contributed by atoms with Gasteiger partial charge in [0.1, 0.15) is 5.83 Å². The van der Waals surface area contributed by atoms with Crippen LogP contribution in [0.3, 0.4) is 0 Å². The Labute approximate surface area is 238 Å². The molecule has 3 unspecified atom stereocenters. The first-order valence-electron chi connectivity index (χ1n) is 14.3. The minimum absolute atomic E-state index is 0.0240. The summed E-state index contributed by atoms with van der Waals surface area (Å²) in [6.45, 7) is 6.01. The minimum atomic E-state index is -1.52. The molecule has 1 amide bonds. The van der Waals surface area contributed by atoms with Crippen LogP contribution in [0, 0.1) is 34.5 Å². The molecule has 4 fully saturated rings. The SMILES string of the molecule is CC1C=CC(C2O[C@@H]3C[C@H]4[C@@H]5CCC6=CC(=O)C=C[C@]6(C)[C@H]5[C@@H](O)CC4(C)[C@]3(C(=O)SC(=O)N(C)C)O2)=C(F)C1. The Morgan fingerprint density at radius 2 is 1.98 bits per heavy atom. The third-order valence-corrected chi connectivity index (χ3v) is 11.8. The van der Waals surface area contributed by atoms with Gasteiger partial charge in [0.25, 0.3) is 5.24 Å². The highest BCUT2D eigenvalue weighted by Crippen LogP contribution is 2.70. The Morgan fingerprint density at radius 3 is 2.67 bits per heavy atom. The van der Waals surface area contributed by atoms with Crippen molar-refractivity contribution < 1.29 is 33.4 Å². The van der Waals surface area contributed by atoms with Gasteiger partial charge in [-0.15, -0.1) is 0 Å². The Balaban J connectivity index is 1.40. The number of rotatable bonds is 2. The lowest BCUT2D eigenvalue weighted by atomic mass is 9.46. The first kappa shape index (κ1) is 28.1. The van der Waals surface area contributed by atoms with Crippen molar-refractivity contribution in [1.29, 1.82) is 0 Å². The molecule has 1 heterocycles. The van der Waals surface area contributed by atoms with Gasteiger partial charge in [-0.25, -0.2) is 4.39 Å². The molecular weight excluding hydrogens is 533 g/mol. The molecule has 40 heavy (non-hydrogen) atoms. The van der Waals surface area contributed by atoms with Gasteiger partial charge in [-0.1, -0.05) is 44.6 Å². The molecule has 6 rings (SSSR count). The van der Waals surface area contributed by atoms with Crippen LogP contribution in [0.25, 0.3) is 0 Å². The molecular formula is C31H38FNO6S. The van der Waals surface area contributed by atoms with Gasteiger partial charge >= 0.3 is 0 Å². The van der Waals surface area contributed by atoms with E-state index >= 15 is 4.39 Å². The number of hydrogen-bond donors (Lipinski definition) is 1. The molecule has 0 radical (unpaired) electrons. The Kier molecular flexibility index (Phi) is 6.65. The van der Waals surface area contributed by atoms with E-state index in [4.69, 9.17) is 9.47 Å². The maximum atomic E-state index is 15.1. The number of fused-ring (bicyclic) bond motifs is 7. The largest absolute Gasteiger partial charge is 0.393 e. The van der Waals surface area contributed by atoms with Gasteiger partial charge in [0.05, 0.1) is 12.2 Å². The second-order valence-corrected chi connectivity index (χ2v) is 14.1. The molecule has 216 valence electrons. The average molecular weight is 572 g/mol. The monoisotopic (exact) mass is 571 g/mol. The van der Waals surface area contributed by atoms with Crippen LogP contribution in [-0.4, -0.2) is 64.3 Å². The van der Waals surface area contributed by atoms with Crippen molar-refractivity contribution in [2.24, 2.45) is 34.5 Å². The molecule has 7 nitrogen and oxygen atoms in total. The number of carbonyl (C=O) groups is 3. The maximum Gasteiger partial charge on any atom is 0.288 e. The number of aliphatic hydroxyl groups excluding tert-OH is 1. The van der Waals surface area contributed by atoms with E-state index in [0.717, 1.165) is 18.4 Å². The lowest BCUT2D eigenvalue weighted by molar-refractivity contribution is -0.187. The van der Waals surface area contributed by atoms with Crippen LogP contribution in [0.15, 0.2) is 47.4 Å². The number of amides is 1. The molecule has 0 bridgehead atoms. The number of ether oxygens (including phenoxy) is 2. The predicted molar refractivity (Wildman–Crippen MR) is 149 cm³/mol. The molecule has 6 aliphatic rings. The Morgan fingerprint density at radius 1 is 1.23 bits per heavy atom. The number of ketones is 1. The molecule has 10 atom stereocenters. The third-order valence-electron chi connectivity index (χ3n) is 10.8. The van der Waals surface area contributed by atoms with Crippen LogP contribution in [0.1, 0.15) is 52.9 Å². The molecule has 9 heteroatoms. The zero-order chi connectivity index (χ0) is 28.8. The van der Waals surface area contributed by atoms with Crippen LogP contribution >= 0.6 is 11.8 Å². The molecule has 1 N–H and O–H groups in total. The summed E-state index contributed by atoms with van der Waals surface area (Å²) in [6, 6.07) is 0. The number of carbonyl (C=O) groups excluding carboxylic acids is 3. The molecule has 0 aromatic heterocycles. The first-order valence-corrected chi connectivity index (χ1v) is 15.1. The maximum absolute atomic E-state index is 15.1. The zero-order valence-corrected chi connectivity index (χ0v) is 24.5. The standard InChI is InChI=1S/C31H38FNO6S/c1-16-6-8-20(22(32)12-16)26-38-24-14-21-19-9-7-17-13-18(34)10-11-29(17,2)25(19)23(35)15-30(21,3)31(24,39-26)27(36)40-28(37)33(4)5/h6,8,10-11,13,16,19,21,23-26,35H,7,9,12,14-15H2,1-5H3/t16?,19-,21-,23-,24+,25+,26?,29-,30?,31-/m0/s1. The highest BCUT2D eigenvalue weighted by molar-refractivity contribution is 8.26. The van der Waals surface area contributed by atoms with Crippen LogP contribution in [0.5, 0.6) is 0 Å². The smallest absolute Gasteiger partial charge is 0.288 e. The lowest BCUT2D eigenvalue weighted by Gasteiger charge is -2.59. The van der Waals surface area contributed by atoms with Gasteiger partial charge in [-0.05, 0) is 55.6 Å². The van der Waals surface area contributed by atoms with Crippen molar-refractivity contribution in [1.82, 2.24) is 4.90 Å². The van der Waals surface area contributed by atoms with Crippen molar-refractivity contribution in [2.45, 2.75) is 77.0 Å². The number of halogens is 1. The van der Waals surface area contributed by atoms with Gasteiger partial charge in [-0.2, -0.15) is 0 Å². The van der Waals surface area contributed by atoms with E-state index in [1.165, 1.54) is 4.90 Å².